The Morgan fingerprint density at radius 1 is 1.28 bits per heavy atom. The minimum atomic E-state index is -4.53. The van der Waals surface area contributed by atoms with Gasteiger partial charge in [-0.1, -0.05) is 0 Å². The molecule has 1 aromatic heterocycles. The van der Waals surface area contributed by atoms with Crippen LogP contribution in [0.2, 0.25) is 0 Å². The van der Waals surface area contributed by atoms with Crippen molar-refractivity contribution < 1.29 is 32.6 Å². The minimum absolute atomic E-state index is 0.00470. The van der Waals surface area contributed by atoms with E-state index in [-0.39, 0.29) is 36.9 Å². The van der Waals surface area contributed by atoms with Gasteiger partial charge < -0.3 is 20.1 Å². The van der Waals surface area contributed by atoms with E-state index in [1.807, 2.05) is 0 Å². The average molecular weight is 450 g/mol. The second-order valence-electron chi connectivity index (χ2n) is 7.61. The molecule has 1 aliphatic heterocycles. The average Bonchev–Trinajstić information content (AvgIpc) is 3.43. The van der Waals surface area contributed by atoms with Crippen LogP contribution in [0.3, 0.4) is 0 Å². The van der Waals surface area contributed by atoms with Gasteiger partial charge in [-0.2, -0.15) is 18.3 Å². The van der Waals surface area contributed by atoms with Crippen LogP contribution in [-0.4, -0.2) is 58.5 Å². The number of aromatic nitrogens is 2. The monoisotopic (exact) mass is 450 g/mol. The van der Waals surface area contributed by atoms with Gasteiger partial charge in [0, 0.05) is 23.8 Å². The number of methoxy groups -OCH3 is 1. The fraction of sp³-hybridized carbons (Fsp3) is 0.381. The van der Waals surface area contributed by atoms with E-state index < -0.39 is 23.7 Å². The van der Waals surface area contributed by atoms with Crippen LogP contribution in [-0.2, 0) is 20.5 Å². The van der Waals surface area contributed by atoms with E-state index in [1.54, 1.807) is 24.3 Å². The number of anilines is 1. The van der Waals surface area contributed by atoms with Crippen molar-refractivity contribution in [2.75, 3.05) is 32.1 Å². The number of carbonyl (C=O) groups excluding carboxylic acids is 2. The molecule has 2 aromatic rings. The maximum absolute atomic E-state index is 13.1. The van der Waals surface area contributed by atoms with Crippen molar-refractivity contribution in [3.8, 4) is 5.69 Å². The number of hydrogen-bond donors (Lipinski definition) is 2. The SMILES string of the molecule is COC(=O)C1=C(Nc2ccc(-n3nc(C(F)(F)F)cc3C3CC3)cc2)C(=O)N(CCO)C1. The van der Waals surface area contributed by atoms with Gasteiger partial charge in [0.05, 0.1) is 31.5 Å². The maximum Gasteiger partial charge on any atom is 0.435 e. The van der Waals surface area contributed by atoms with Gasteiger partial charge in [0.2, 0.25) is 0 Å². The first kappa shape index (κ1) is 21.9. The Bertz CT molecular complexity index is 1070. The van der Waals surface area contributed by atoms with Gasteiger partial charge in [-0.3, -0.25) is 4.79 Å². The summed E-state index contributed by atoms with van der Waals surface area (Å²) in [5, 5.41) is 15.8. The lowest BCUT2D eigenvalue weighted by molar-refractivity contribution is -0.141. The molecule has 0 spiro atoms. The molecule has 1 aromatic carbocycles. The highest BCUT2D eigenvalue weighted by Crippen LogP contribution is 2.43. The van der Waals surface area contributed by atoms with Crippen molar-refractivity contribution in [1.29, 1.82) is 0 Å². The topological polar surface area (TPSA) is 96.7 Å². The Balaban J connectivity index is 1.60. The van der Waals surface area contributed by atoms with Gasteiger partial charge in [-0.25, -0.2) is 9.48 Å². The second kappa shape index (κ2) is 8.30. The number of amides is 1. The predicted octanol–water partition coefficient (Wildman–Crippen LogP) is 2.44. The van der Waals surface area contributed by atoms with Gasteiger partial charge in [-0.05, 0) is 43.2 Å². The maximum atomic E-state index is 13.1. The van der Waals surface area contributed by atoms with E-state index in [9.17, 15) is 22.8 Å². The third kappa shape index (κ3) is 4.20. The number of aliphatic hydroxyl groups excluding tert-OH is 1. The standard InChI is InChI=1S/C21H21F3N4O4/c1-32-20(31)15-11-27(8-9-29)19(30)18(15)25-13-4-6-14(7-5-13)28-16(12-2-3-12)10-17(26-28)21(22,23)24/h4-7,10,12,25,29H,2-3,8-9,11H2,1H3. The molecule has 170 valence electrons. The second-order valence-corrected chi connectivity index (χ2v) is 7.61. The highest BCUT2D eigenvalue weighted by Gasteiger charge is 2.38. The predicted molar refractivity (Wildman–Crippen MR) is 107 cm³/mol. The van der Waals surface area contributed by atoms with E-state index in [4.69, 9.17) is 9.84 Å². The molecular formula is C21H21F3N4O4. The number of nitrogens with one attached hydrogen (secondary N) is 1. The molecule has 0 saturated heterocycles. The summed E-state index contributed by atoms with van der Waals surface area (Å²) >= 11 is 0. The van der Waals surface area contributed by atoms with Crippen molar-refractivity contribution in [2.24, 2.45) is 0 Å². The number of esters is 1. The Kier molecular flexibility index (Phi) is 5.68. The molecule has 2 heterocycles. The van der Waals surface area contributed by atoms with Crippen LogP contribution < -0.4 is 5.32 Å². The number of nitrogens with zero attached hydrogens (tertiary/aromatic N) is 3. The lowest BCUT2D eigenvalue weighted by Crippen LogP contribution is -2.31. The van der Waals surface area contributed by atoms with Crippen LogP contribution in [0.1, 0.15) is 30.1 Å². The zero-order valence-electron chi connectivity index (χ0n) is 17.1. The zero-order chi connectivity index (χ0) is 23.0. The van der Waals surface area contributed by atoms with E-state index in [1.165, 1.54) is 16.7 Å². The molecule has 0 radical (unpaired) electrons. The summed E-state index contributed by atoms with van der Waals surface area (Å²) in [4.78, 5) is 26.0. The number of halogens is 3. The number of ether oxygens (including phenoxy) is 1. The fourth-order valence-electron chi connectivity index (χ4n) is 3.59. The first-order valence-electron chi connectivity index (χ1n) is 9.99. The van der Waals surface area contributed by atoms with Crippen molar-refractivity contribution in [3.63, 3.8) is 0 Å². The van der Waals surface area contributed by atoms with Crippen molar-refractivity contribution >= 4 is 17.6 Å². The van der Waals surface area contributed by atoms with Crippen molar-refractivity contribution in [3.05, 3.63) is 53.0 Å². The third-order valence-corrected chi connectivity index (χ3v) is 5.36. The Hall–Kier alpha value is -3.34. The highest BCUT2D eigenvalue weighted by atomic mass is 19.4. The summed E-state index contributed by atoms with van der Waals surface area (Å²) in [6.07, 6.45) is -2.89. The summed E-state index contributed by atoms with van der Waals surface area (Å²) in [5.41, 5.74) is 0.660. The normalized spacial score (nSPS) is 16.7. The number of benzene rings is 1. The largest absolute Gasteiger partial charge is 0.466 e. The van der Waals surface area contributed by atoms with E-state index in [0.29, 0.717) is 17.1 Å². The molecule has 1 aliphatic carbocycles. The molecule has 11 heteroatoms. The van der Waals surface area contributed by atoms with Gasteiger partial charge in [0.25, 0.3) is 5.91 Å². The number of carbonyl (C=O) groups is 2. The van der Waals surface area contributed by atoms with Gasteiger partial charge >= 0.3 is 12.1 Å². The molecule has 0 bridgehead atoms. The molecule has 1 fully saturated rings. The smallest absolute Gasteiger partial charge is 0.435 e. The molecule has 32 heavy (non-hydrogen) atoms. The quantitative estimate of drug-likeness (QED) is 0.629. The fourth-order valence-corrected chi connectivity index (χ4v) is 3.59. The van der Waals surface area contributed by atoms with E-state index >= 15 is 0 Å². The Morgan fingerprint density at radius 3 is 2.53 bits per heavy atom. The van der Waals surface area contributed by atoms with E-state index in [2.05, 4.69) is 10.4 Å². The van der Waals surface area contributed by atoms with Crippen LogP contribution in [0.15, 0.2) is 41.6 Å². The number of hydrogen-bond acceptors (Lipinski definition) is 6. The minimum Gasteiger partial charge on any atom is -0.466 e. The molecule has 0 unspecified atom stereocenters. The Morgan fingerprint density at radius 2 is 1.97 bits per heavy atom. The van der Waals surface area contributed by atoms with E-state index in [0.717, 1.165) is 18.9 Å². The van der Waals surface area contributed by atoms with Crippen molar-refractivity contribution in [1.82, 2.24) is 14.7 Å². The first-order chi connectivity index (χ1) is 15.2. The zero-order valence-corrected chi connectivity index (χ0v) is 17.1. The molecule has 8 nitrogen and oxygen atoms in total. The van der Waals surface area contributed by atoms with Gasteiger partial charge in [-0.15, -0.1) is 0 Å². The van der Waals surface area contributed by atoms with Crippen LogP contribution in [0.5, 0.6) is 0 Å². The summed E-state index contributed by atoms with van der Waals surface area (Å²) in [6, 6.07) is 7.44. The number of alkyl halides is 3. The molecule has 4 rings (SSSR count). The molecule has 1 saturated carbocycles. The van der Waals surface area contributed by atoms with Crippen LogP contribution >= 0.6 is 0 Å². The Labute approximate surface area is 181 Å². The number of rotatable bonds is 7. The molecule has 1 amide bonds. The third-order valence-electron chi connectivity index (χ3n) is 5.36. The van der Waals surface area contributed by atoms with Crippen LogP contribution in [0.4, 0.5) is 18.9 Å². The highest BCUT2D eigenvalue weighted by molar-refractivity contribution is 6.08. The number of β-amino-alcohol motifs (C(OH)–C–C–N with tert-alkyl or cyclic N) is 1. The molecule has 0 atom stereocenters. The summed E-state index contributed by atoms with van der Waals surface area (Å²) in [5.74, 6) is -1.07. The number of aliphatic hydroxyl groups is 1. The van der Waals surface area contributed by atoms with Crippen molar-refractivity contribution in [2.45, 2.75) is 24.9 Å². The van der Waals surface area contributed by atoms with Crippen LogP contribution in [0.25, 0.3) is 5.69 Å². The summed E-state index contributed by atoms with van der Waals surface area (Å²) in [6.45, 7) is -0.186. The lowest BCUT2D eigenvalue weighted by atomic mass is 10.2. The van der Waals surface area contributed by atoms with Crippen LogP contribution in [0, 0.1) is 0 Å². The molecule has 2 aliphatic rings. The molecule has 2 N–H and O–H groups in total. The molecular weight excluding hydrogens is 429 g/mol. The first-order valence-corrected chi connectivity index (χ1v) is 9.99. The summed E-state index contributed by atoms with van der Waals surface area (Å²) < 4.78 is 45.5. The lowest BCUT2D eigenvalue weighted by Gasteiger charge is -2.15. The summed E-state index contributed by atoms with van der Waals surface area (Å²) in [7, 11) is 1.21. The van der Waals surface area contributed by atoms with Gasteiger partial charge in [0.1, 0.15) is 5.70 Å². The van der Waals surface area contributed by atoms with Gasteiger partial charge in [0.15, 0.2) is 5.69 Å².